The molecule has 4 N–H and O–H groups in total. The summed E-state index contributed by atoms with van der Waals surface area (Å²) in [7, 11) is -8.85. The van der Waals surface area contributed by atoms with Gasteiger partial charge in [0.25, 0.3) is 0 Å². The normalized spacial score (nSPS) is 11.6. The molecule has 0 aliphatic carbocycles. The fourth-order valence-electron chi connectivity index (χ4n) is 2.06. The molecule has 2 aromatic carbocycles. The lowest BCUT2D eigenvalue weighted by molar-refractivity contribution is 0.280. The Kier molecular flexibility index (Phi) is 8.69. The molecule has 8 nitrogen and oxygen atoms in total. The predicted molar refractivity (Wildman–Crippen MR) is 102 cm³/mol. The van der Waals surface area contributed by atoms with Crippen LogP contribution < -0.4 is 9.05 Å². The van der Waals surface area contributed by atoms with Crippen LogP contribution >= 0.6 is 15.6 Å². The van der Waals surface area contributed by atoms with Crippen LogP contribution in [0.4, 0.5) is 0 Å². The molecule has 27 heavy (non-hydrogen) atoms. The average Bonchev–Trinajstić information content (AvgIpc) is 2.53. The van der Waals surface area contributed by atoms with Gasteiger partial charge in [0.1, 0.15) is 11.5 Å². The summed E-state index contributed by atoms with van der Waals surface area (Å²) in [6, 6.07) is 13.5. The molecule has 0 saturated heterocycles. The quantitative estimate of drug-likeness (QED) is 0.517. The van der Waals surface area contributed by atoms with E-state index >= 15 is 0 Å². The third-order valence-corrected chi connectivity index (χ3v) is 4.23. The fourth-order valence-corrected chi connectivity index (χ4v) is 2.89. The van der Waals surface area contributed by atoms with Crippen LogP contribution in [0.5, 0.6) is 11.5 Å². The third kappa shape index (κ3) is 9.73. The Morgan fingerprint density at radius 1 is 0.852 bits per heavy atom. The molecule has 150 valence electrons. The van der Waals surface area contributed by atoms with E-state index in [1.54, 1.807) is 42.5 Å². The van der Waals surface area contributed by atoms with Crippen molar-refractivity contribution in [1.82, 2.24) is 0 Å². The first-order chi connectivity index (χ1) is 12.4. The van der Waals surface area contributed by atoms with Crippen LogP contribution in [0.3, 0.4) is 0 Å². The van der Waals surface area contributed by atoms with E-state index < -0.39 is 15.6 Å². The Balaban J connectivity index is 0.000000271. The van der Waals surface area contributed by atoms with Crippen molar-refractivity contribution in [3.63, 3.8) is 0 Å². The van der Waals surface area contributed by atoms with Crippen LogP contribution in [0, 0.1) is 0 Å². The molecule has 0 radical (unpaired) electrons. The first-order valence-electron chi connectivity index (χ1n) is 8.09. The summed E-state index contributed by atoms with van der Waals surface area (Å²) in [5.74, 6) is 0.820. The standard InChI is InChI=1S/C9H13O4P.C8H11O4P/c1-7(2)8-3-5-9(6-4-8)13-14(10,11)12;1-2-7-5-3-4-6-8(7)12-13(9,10)11/h3-7H,1-2H3,(H2,10,11,12);3-6H,2H2,1H3,(H2,9,10,11). The highest BCUT2D eigenvalue weighted by atomic mass is 31.2. The largest absolute Gasteiger partial charge is 0.524 e. The Labute approximate surface area is 158 Å². The molecule has 0 aromatic heterocycles. The Bertz CT molecular complexity index is 808. The highest BCUT2D eigenvalue weighted by molar-refractivity contribution is 7.47. The summed E-state index contributed by atoms with van der Waals surface area (Å²) < 4.78 is 29.9. The van der Waals surface area contributed by atoms with E-state index in [4.69, 9.17) is 19.6 Å². The third-order valence-electron chi connectivity index (χ3n) is 3.34. The number of rotatable bonds is 6. The molecule has 0 unspecified atom stereocenters. The minimum Gasteiger partial charge on any atom is -0.404 e. The maximum absolute atomic E-state index is 10.5. The van der Waals surface area contributed by atoms with E-state index in [1.807, 2.05) is 20.8 Å². The molecular formula is C17H24O8P2. The molecule has 2 aromatic rings. The molecule has 0 fully saturated rings. The van der Waals surface area contributed by atoms with Crippen LogP contribution in [-0.4, -0.2) is 19.6 Å². The topological polar surface area (TPSA) is 134 Å². The van der Waals surface area contributed by atoms with E-state index in [9.17, 15) is 9.13 Å². The van der Waals surface area contributed by atoms with Gasteiger partial charge in [-0.1, -0.05) is 51.1 Å². The van der Waals surface area contributed by atoms with Crippen molar-refractivity contribution in [2.24, 2.45) is 0 Å². The summed E-state index contributed by atoms with van der Waals surface area (Å²) in [4.78, 5) is 34.2. The summed E-state index contributed by atoms with van der Waals surface area (Å²) in [5.41, 5.74) is 1.88. The second-order valence-corrected chi connectivity index (χ2v) is 8.18. The summed E-state index contributed by atoms with van der Waals surface area (Å²) in [6.45, 7) is 5.97. The minimum absolute atomic E-state index is 0.183. The van der Waals surface area contributed by atoms with Crippen molar-refractivity contribution in [2.45, 2.75) is 33.1 Å². The van der Waals surface area contributed by atoms with Crippen LogP contribution in [0.1, 0.15) is 37.8 Å². The molecule has 0 spiro atoms. The van der Waals surface area contributed by atoms with Gasteiger partial charge in [0.15, 0.2) is 0 Å². The van der Waals surface area contributed by atoms with Gasteiger partial charge in [-0.3, -0.25) is 19.6 Å². The summed E-state index contributed by atoms with van der Waals surface area (Å²) in [6.07, 6.45) is 0.677. The van der Waals surface area contributed by atoms with Crippen LogP contribution in [0.15, 0.2) is 48.5 Å². The molecule has 0 heterocycles. The zero-order valence-electron chi connectivity index (χ0n) is 15.2. The maximum Gasteiger partial charge on any atom is 0.524 e. The molecule has 0 atom stereocenters. The monoisotopic (exact) mass is 418 g/mol. The summed E-state index contributed by atoms with van der Waals surface area (Å²) in [5, 5.41) is 0. The highest BCUT2D eigenvalue weighted by Gasteiger charge is 2.17. The number of para-hydroxylation sites is 1. The molecule has 0 aliphatic rings. The number of phosphoric ester groups is 2. The molecule has 0 saturated carbocycles. The Hall–Kier alpha value is -1.66. The Morgan fingerprint density at radius 2 is 1.37 bits per heavy atom. The Morgan fingerprint density at radius 3 is 1.81 bits per heavy atom. The predicted octanol–water partition coefficient (Wildman–Crippen LogP) is 4.00. The fraction of sp³-hybridized carbons (Fsp3) is 0.294. The molecule has 10 heteroatoms. The minimum atomic E-state index is -4.43. The second-order valence-electron chi connectivity index (χ2n) is 5.85. The van der Waals surface area contributed by atoms with Gasteiger partial charge in [0, 0.05) is 0 Å². The van der Waals surface area contributed by atoms with E-state index in [0.717, 1.165) is 11.1 Å². The van der Waals surface area contributed by atoms with Gasteiger partial charge in [-0.05, 0) is 41.7 Å². The molecule has 0 amide bonds. The first-order valence-corrected chi connectivity index (χ1v) is 11.2. The van der Waals surface area contributed by atoms with Crippen LogP contribution in [-0.2, 0) is 15.6 Å². The second kappa shape index (κ2) is 10.0. The number of benzene rings is 2. The van der Waals surface area contributed by atoms with Crippen LogP contribution in [0.25, 0.3) is 0 Å². The molecule has 0 aliphatic heterocycles. The first kappa shape index (κ1) is 23.4. The van der Waals surface area contributed by atoms with Crippen molar-refractivity contribution >= 4 is 15.6 Å². The van der Waals surface area contributed by atoms with Gasteiger partial charge in [-0.15, -0.1) is 0 Å². The van der Waals surface area contributed by atoms with Crippen molar-refractivity contribution in [3.8, 4) is 11.5 Å². The van der Waals surface area contributed by atoms with Crippen molar-refractivity contribution in [1.29, 1.82) is 0 Å². The zero-order valence-corrected chi connectivity index (χ0v) is 17.0. The lowest BCUT2D eigenvalue weighted by Gasteiger charge is -2.09. The van der Waals surface area contributed by atoms with E-state index in [0.29, 0.717) is 12.3 Å². The zero-order chi connectivity index (χ0) is 20.7. The summed E-state index contributed by atoms with van der Waals surface area (Å²) >= 11 is 0. The number of hydrogen-bond acceptors (Lipinski definition) is 4. The van der Waals surface area contributed by atoms with Gasteiger partial charge in [-0.25, -0.2) is 9.13 Å². The SMILES string of the molecule is CC(C)c1ccc(OP(=O)(O)O)cc1.CCc1ccccc1OP(=O)(O)O. The van der Waals surface area contributed by atoms with Crippen molar-refractivity contribution in [3.05, 3.63) is 59.7 Å². The van der Waals surface area contributed by atoms with Gasteiger partial charge >= 0.3 is 15.6 Å². The van der Waals surface area contributed by atoms with Gasteiger partial charge in [0.05, 0.1) is 0 Å². The number of phosphoric acid groups is 2. The van der Waals surface area contributed by atoms with Crippen molar-refractivity contribution in [2.75, 3.05) is 0 Å². The van der Waals surface area contributed by atoms with Crippen molar-refractivity contribution < 1.29 is 37.8 Å². The lowest BCUT2D eigenvalue weighted by atomic mass is 10.0. The van der Waals surface area contributed by atoms with E-state index in [2.05, 4.69) is 9.05 Å². The maximum atomic E-state index is 10.5. The highest BCUT2D eigenvalue weighted by Crippen LogP contribution is 2.39. The van der Waals surface area contributed by atoms with Gasteiger partial charge in [0.2, 0.25) is 0 Å². The molecule has 0 bridgehead atoms. The average molecular weight is 418 g/mol. The van der Waals surface area contributed by atoms with Crippen LogP contribution in [0.2, 0.25) is 0 Å². The smallest absolute Gasteiger partial charge is 0.404 e. The van der Waals surface area contributed by atoms with Gasteiger partial charge in [-0.2, -0.15) is 0 Å². The van der Waals surface area contributed by atoms with E-state index in [-0.39, 0.29) is 11.5 Å². The number of aryl methyl sites for hydroxylation is 1. The molecular weight excluding hydrogens is 394 g/mol. The van der Waals surface area contributed by atoms with Gasteiger partial charge < -0.3 is 9.05 Å². The van der Waals surface area contributed by atoms with E-state index in [1.165, 1.54) is 6.07 Å². The number of hydrogen-bond donors (Lipinski definition) is 4. The lowest BCUT2D eigenvalue weighted by Crippen LogP contribution is -1.93. The molecule has 2 rings (SSSR count).